The second-order valence-electron chi connectivity index (χ2n) is 6.46. The lowest BCUT2D eigenvalue weighted by Gasteiger charge is -2.20. The van der Waals surface area contributed by atoms with Crippen molar-refractivity contribution in [2.75, 3.05) is 34.0 Å². The van der Waals surface area contributed by atoms with Gasteiger partial charge < -0.3 is 15.2 Å². The number of rotatable bonds is 9. The quantitative estimate of drug-likeness (QED) is 0.599. The van der Waals surface area contributed by atoms with Crippen molar-refractivity contribution in [2.24, 2.45) is 0 Å². The standard InChI is InChI=1S/C20H24NO7P/c1-25-29(24,26-2)28-12-14(11-22)21-20(23)27-13-19-17-9-5-3-7-15(17)16-8-4-6-10-18(16)19/h3-10,14,19,22H,11-13H2,1-2H3,(H,21,23). The van der Waals surface area contributed by atoms with E-state index in [1.807, 2.05) is 36.4 Å². The topological polar surface area (TPSA) is 103 Å². The summed E-state index contributed by atoms with van der Waals surface area (Å²) in [7, 11) is -1.34. The van der Waals surface area contributed by atoms with Crippen molar-refractivity contribution in [2.45, 2.75) is 12.0 Å². The summed E-state index contributed by atoms with van der Waals surface area (Å²) >= 11 is 0. The summed E-state index contributed by atoms with van der Waals surface area (Å²) in [5.74, 6) is -0.0702. The molecule has 0 bridgehead atoms. The van der Waals surface area contributed by atoms with E-state index in [1.165, 1.54) is 14.2 Å². The Morgan fingerprint density at radius 3 is 2.14 bits per heavy atom. The van der Waals surface area contributed by atoms with E-state index in [0.29, 0.717) is 0 Å². The zero-order valence-electron chi connectivity index (χ0n) is 16.2. The monoisotopic (exact) mass is 421 g/mol. The van der Waals surface area contributed by atoms with Gasteiger partial charge in [0.1, 0.15) is 6.61 Å². The zero-order valence-corrected chi connectivity index (χ0v) is 17.1. The molecule has 8 nitrogen and oxygen atoms in total. The first-order valence-corrected chi connectivity index (χ1v) is 10.6. The van der Waals surface area contributed by atoms with E-state index in [4.69, 9.17) is 9.26 Å². The largest absolute Gasteiger partial charge is 0.474 e. The first-order chi connectivity index (χ1) is 14.0. The van der Waals surface area contributed by atoms with Crippen LogP contribution in [-0.2, 0) is 22.9 Å². The van der Waals surface area contributed by atoms with Gasteiger partial charge in [-0.15, -0.1) is 0 Å². The highest BCUT2D eigenvalue weighted by Crippen LogP contribution is 2.47. The van der Waals surface area contributed by atoms with Gasteiger partial charge in [0.2, 0.25) is 0 Å². The van der Waals surface area contributed by atoms with Gasteiger partial charge in [0.25, 0.3) is 0 Å². The van der Waals surface area contributed by atoms with E-state index < -0.39 is 26.6 Å². The summed E-state index contributed by atoms with van der Waals surface area (Å²) in [6.07, 6.45) is -0.709. The number of aliphatic hydroxyl groups excluding tert-OH is 1. The molecule has 0 aliphatic heterocycles. The van der Waals surface area contributed by atoms with Crippen molar-refractivity contribution in [1.82, 2.24) is 5.32 Å². The van der Waals surface area contributed by atoms with E-state index in [2.05, 4.69) is 26.5 Å². The van der Waals surface area contributed by atoms with Gasteiger partial charge in [0.05, 0.1) is 19.3 Å². The molecule has 1 aliphatic carbocycles. The Morgan fingerprint density at radius 1 is 1.07 bits per heavy atom. The van der Waals surface area contributed by atoms with Gasteiger partial charge in [0, 0.05) is 20.1 Å². The molecule has 1 amide bonds. The van der Waals surface area contributed by atoms with Crippen LogP contribution in [0, 0.1) is 0 Å². The van der Waals surface area contributed by atoms with E-state index in [0.717, 1.165) is 22.3 Å². The van der Waals surface area contributed by atoms with E-state index in [9.17, 15) is 14.5 Å². The fraction of sp³-hybridized carbons (Fsp3) is 0.350. The van der Waals surface area contributed by atoms with Crippen LogP contribution in [0.2, 0.25) is 0 Å². The number of ether oxygens (including phenoxy) is 1. The number of alkyl carbamates (subject to hydrolysis) is 1. The van der Waals surface area contributed by atoms with Crippen LogP contribution in [0.5, 0.6) is 0 Å². The summed E-state index contributed by atoms with van der Waals surface area (Å²) < 4.78 is 31.6. The normalized spacial score (nSPS) is 14.2. The molecule has 0 heterocycles. The molecular weight excluding hydrogens is 397 g/mol. The van der Waals surface area contributed by atoms with Crippen LogP contribution in [0.1, 0.15) is 17.0 Å². The van der Waals surface area contributed by atoms with Crippen LogP contribution in [0.3, 0.4) is 0 Å². The Labute approximate surface area is 169 Å². The van der Waals surface area contributed by atoms with Crippen LogP contribution in [0.15, 0.2) is 48.5 Å². The number of hydrogen-bond donors (Lipinski definition) is 2. The molecule has 9 heteroatoms. The molecule has 0 radical (unpaired) electrons. The first kappa shape index (κ1) is 21.5. The number of phosphoric ester groups is 1. The lowest BCUT2D eigenvalue weighted by Crippen LogP contribution is -2.41. The minimum atomic E-state index is -3.70. The average molecular weight is 421 g/mol. The van der Waals surface area contributed by atoms with Gasteiger partial charge in [-0.1, -0.05) is 48.5 Å². The molecule has 29 heavy (non-hydrogen) atoms. The van der Waals surface area contributed by atoms with Crippen molar-refractivity contribution >= 4 is 13.9 Å². The lowest BCUT2D eigenvalue weighted by atomic mass is 9.98. The Bertz CT molecular complexity index is 850. The van der Waals surface area contributed by atoms with Gasteiger partial charge in [-0.3, -0.25) is 13.6 Å². The number of nitrogens with one attached hydrogen (secondary N) is 1. The summed E-state index contributed by atoms with van der Waals surface area (Å²) in [6, 6.07) is 15.2. The lowest BCUT2D eigenvalue weighted by molar-refractivity contribution is 0.104. The molecule has 2 aromatic rings. The van der Waals surface area contributed by atoms with Gasteiger partial charge in [-0.05, 0) is 22.3 Å². The molecule has 0 spiro atoms. The Balaban J connectivity index is 1.60. The Morgan fingerprint density at radius 2 is 1.62 bits per heavy atom. The molecule has 1 aliphatic rings. The molecular formula is C20H24NO7P. The van der Waals surface area contributed by atoms with Crippen LogP contribution in [0.4, 0.5) is 4.79 Å². The average Bonchev–Trinajstić information content (AvgIpc) is 3.08. The fourth-order valence-corrected chi connectivity index (χ4v) is 4.03. The number of hydrogen-bond acceptors (Lipinski definition) is 7. The molecule has 3 rings (SSSR count). The number of carbonyl (C=O) groups excluding carboxylic acids is 1. The van der Waals surface area contributed by atoms with Gasteiger partial charge in [0.15, 0.2) is 0 Å². The van der Waals surface area contributed by atoms with Gasteiger partial charge >= 0.3 is 13.9 Å². The molecule has 0 saturated heterocycles. The molecule has 2 aromatic carbocycles. The van der Waals surface area contributed by atoms with Crippen molar-refractivity contribution in [1.29, 1.82) is 0 Å². The molecule has 156 valence electrons. The first-order valence-electron chi connectivity index (χ1n) is 9.09. The molecule has 1 atom stereocenters. The second-order valence-corrected chi connectivity index (χ2v) is 8.34. The SMILES string of the molecule is COP(=O)(OC)OCC(CO)NC(=O)OCC1c2ccccc2-c2ccccc21. The molecule has 1 unspecified atom stereocenters. The summed E-state index contributed by atoms with van der Waals surface area (Å²) in [4.78, 5) is 12.2. The third-order valence-corrected chi connectivity index (χ3v) is 6.13. The van der Waals surface area contributed by atoms with E-state index in [-0.39, 0.29) is 19.1 Å². The number of aliphatic hydroxyl groups is 1. The molecule has 0 fully saturated rings. The molecule has 2 N–H and O–H groups in total. The summed E-state index contributed by atoms with van der Waals surface area (Å²) in [5.41, 5.74) is 4.47. The van der Waals surface area contributed by atoms with Crippen molar-refractivity contribution in [3.8, 4) is 11.1 Å². The van der Waals surface area contributed by atoms with Crippen LogP contribution < -0.4 is 5.32 Å². The second kappa shape index (κ2) is 9.52. The molecule has 0 saturated carbocycles. The van der Waals surface area contributed by atoms with Crippen LogP contribution in [0.25, 0.3) is 11.1 Å². The maximum Gasteiger partial charge on any atom is 0.474 e. The third kappa shape index (κ3) is 4.86. The van der Waals surface area contributed by atoms with Gasteiger partial charge in [-0.25, -0.2) is 9.36 Å². The van der Waals surface area contributed by atoms with Crippen LogP contribution >= 0.6 is 7.82 Å². The highest BCUT2D eigenvalue weighted by atomic mass is 31.2. The number of amides is 1. The number of phosphoric acid groups is 1. The predicted molar refractivity (Wildman–Crippen MR) is 107 cm³/mol. The van der Waals surface area contributed by atoms with Crippen molar-refractivity contribution in [3.05, 3.63) is 59.7 Å². The molecule has 0 aromatic heterocycles. The summed E-state index contributed by atoms with van der Waals surface area (Å²) in [6.45, 7) is -0.551. The maximum atomic E-state index is 12.2. The fourth-order valence-electron chi connectivity index (χ4n) is 3.31. The zero-order chi connectivity index (χ0) is 20.9. The number of carbonyl (C=O) groups is 1. The summed E-state index contributed by atoms with van der Waals surface area (Å²) in [5, 5.41) is 11.9. The highest BCUT2D eigenvalue weighted by molar-refractivity contribution is 7.48. The van der Waals surface area contributed by atoms with E-state index >= 15 is 0 Å². The van der Waals surface area contributed by atoms with Crippen molar-refractivity contribution < 1.29 is 32.8 Å². The van der Waals surface area contributed by atoms with Crippen LogP contribution in [-0.4, -0.2) is 51.3 Å². The minimum absolute atomic E-state index is 0.0702. The third-order valence-electron chi connectivity index (χ3n) is 4.77. The number of benzene rings is 2. The Kier molecular flexibility index (Phi) is 7.05. The van der Waals surface area contributed by atoms with E-state index in [1.54, 1.807) is 0 Å². The smallest absolute Gasteiger partial charge is 0.449 e. The van der Waals surface area contributed by atoms with Crippen molar-refractivity contribution in [3.63, 3.8) is 0 Å². The minimum Gasteiger partial charge on any atom is -0.449 e. The predicted octanol–water partition coefficient (Wildman–Crippen LogP) is 3.30. The Hall–Kier alpha value is -2.22. The highest BCUT2D eigenvalue weighted by Gasteiger charge is 2.30. The maximum absolute atomic E-state index is 12.2. The van der Waals surface area contributed by atoms with Gasteiger partial charge in [-0.2, -0.15) is 0 Å². The number of fused-ring (bicyclic) bond motifs is 3.